The minimum absolute atomic E-state index is 0.246. The molecule has 0 aliphatic carbocycles. The Morgan fingerprint density at radius 1 is 1.28 bits per heavy atom. The number of esters is 2. The molecule has 1 unspecified atom stereocenters. The number of hydroxylamine groups is 3. The standard InChI is InChI=1S/C12H12ClNO4/c13-10(14(17)7-4-8-14)12(16)18-11(15)9-5-2-1-3-6-9/h1-3,5-6,10H,4,7-8H2. The van der Waals surface area contributed by atoms with Crippen molar-refractivity contribution < 1.29 is 19.0 Å². The van der Waals surface area contributed by atoms with Crippen LogP contribution in [0, 0.1) is 5.21 Å². The van der Waals surface area contributed by atoms with E-state index in [1.54, 1.807) is 18.2 Å². The number of alkyl halides is 1. The lowest BCUT2D eigenvalue weighted by molar-refractivity contribution is -0.922. The van der Waals surface area contributed by atoms with Crippen molar-refractivity contribution >= 4 is 23.5 Å². The predicted octanol–water partition coefficient (Wildman–Crippen LogP) is 1.65. The molecule has 1 aromatic rings. The van der Waals surface area contributed by atoms with Gasteiger partial charge in [-0.05, 0) is 23.7 Å². The number of nitrogens with zero attached hydrogens (tertiary/aromatic N) is 1. The van der Waals surface area contributed by atoms with Gasteiger partial charge in [0.05, 0.1) is 18.7 Å². The fraction of sp³-hybridized carbons (Fsp3) is 0.333. The van der Waals surface area contributed by atoms with Crippen LogP contribution in [-0.2, 0) is 9.53 Å². The van der Waals surface area contributed by atoms with E-state index in [0.29, 0.717) is 0 Å². The number of rotatable bonds is 3. The molecule has 1 heterocycles. The largest absolute Gasteiger partial charge is 0.631 e. The van der Waals surface area contributed by atoms with Gasteiger partial charge in [0.2, 0.25) is 0 Å². The first-order valence-electron chi connectivity index (χ1n) is 5.56. The summed E-state index contributed by atoms with van der Waals surface area (Å²) in [4.78, 5) is 23.2. The van der Waals surface area contributed by atoms with Gasteiger partial charge in [0.1, 0.15) is 0 Å². The maximum atomic E-state index is 11.8. The molecule has 1 aliphatic heterocycles. The quantitative estimate of drug-likeness (QED) is 0.209. The van der Waals surface area contributed by atoms with E-state index < -0.39 is 22.1 Å². The van der Waals surface area contributed by atoms with E-state index in [1.807, 2.05) is 0 Å². The van der Waals surface area contributed by atoms with Crippen LogP contribution in [-0.4, -0.2) is 35.2 Å². The van der Waals surface area contributed by atoms with Gasteiger partial charge in [0.25, 0.3) is 5.50 Å². The van der Waals surface area contributed by atoms with Crippen molar-refractivity contribution in [2.75, 3.05) is 13.1 Å². The van der Waals surface area contributed by atoms with E-state index in [2.05, 4.69) is 4.74 Å². The number of carbonyl (C=O) groups excluding carboxylic acids is 2. The van der Waals surface area contributed by atoms with Crippen LogP contribution in [0.25, 0.3) is 0 Å². The van der Waals surface area contributed by atoms with Crippen LogP contribution in [0.15, 0.2) is 30.3 Å². The highest BCUT2D eigenvalue weighted by molar-refractivity contribution is 6.29. The Hall–Kier alpha value is -1.43. The highest BCUT2D eigenvalue weighted by Gasteiger charge is 2.40. The third kappa shape index (κ3) is 2.53. The molecule has 0 saturated carbocycles. The highest BCUT2D eigenvalue weighted by Crippen LogP contribution is 2.26. The van der Waals surface area contributed by atoms with Crippen LogP contribution in [0.5, 0.6) is 0 Å². The van der Waals surface area contributed by atoms with Gasteiger partial charge in [-0.2, -0.15) is 0 Å². The summed E-state index contributed by atoms with van der Waals surface area (Å²) in [7, 11) is 0. The van der Waals surface area contributed by atoms with Gasteiger partial charge in [-0.25, -0.2) is 9.59 Å². The molecular weight excluding hydrogens is 258 g/mol. The minimum atomic E-state index is -1.37. The van der Waals surface area contributed by atoms with Crippen LogP contribution < -0.4 is 0 Å². The molecule has 0 radical (unpaired) electrons. The fourth-order valence-electron chi connectivity index (χ4n) is 1.66. The normalized spacial score (nSPS) is 18.6. The lowest BCUT2D eigenvalue weighted by Crippen LogP contribution is -2.60. The third-order valence-electron chi connectivity index (χ3n) is 2.88. The number of hydrogen-bond acceptors (Lipinski definition) is 4. The molecule has 96 valence electrons. The van der Waals surface area contributed by atoms with Crippen molar-refractivity contribution in [3.8, 4) is 0 Å². The van der Waals surface area contributed by atoms with Gasteiger partial charge < -0.3 is 14.6 Å². The Bertz CT molecular complexity index is 458. The molecule has 1 fully saturated rings. The molecule has 6 heteroatoms. The molecule has 5 nitrogen and oxygen atoms in total. The summed E-state index contributed by atoms with van der Waals surface area (Å²) in [6.07, 6.45) is 0.729. The summed E-state index contributed by atoms with van der Waals surface area (Å²) in [5.41, 5.74) is -1.12. The van der Waals surface area contributed by atoms with Gasteiger partial charge >= 0.3 is 11.9 Å². The first-order valence-corrected chi connectivity index (χ1v) is 5.99. The minimum Gasteiger partial charge on any atom is -0.631 e. The number of hydrogen-bond donors (Lipinski definition) is 0. The first-order chi connectivity index (χ1) is 8.53. The monoisotopic (exact) mass is 269 g/mol. The average molecular weight is 270 g/mol. The Morgan fingerprint density at radius 2 is 1.89 bits per heavy atom. The van der Waals surface area contributed by atoms with E-state index in [4.69, 9.17) is 11.6 Å². The number of quaternary nitrogens is 1. The number of benzene rings is 1. The summed E-state index contributed by atoms with van der Waals surface area (Å²) in [6, 6.07) is 8.07. The van der Waals surface area contributed by atoms with Crippen molar-refractivity contribution in [2.45, 2.75) is 11.9 Å². The number of carbonyl (C=O) groups is 2. The van der Waals surface area contributed by atoms with Gasteiger partial charge in [0.15, 0.2) is 0 Å². The van der Waals surface area contributed by atoms with E-state index in [-0.39, 0.29) is 18.7 Å². The summed E-state index contributed by atoms with van der Waals surface area (Å²) in [5.74, 6) is -1.78. The molecule has 0 amide bonds. The Labute approximate surface area is 109 Å². The zero-order valence-electron chi connectivity index (χ0n) is 9.54. The second-order valence-corrected chi connectivity index (χ2v) is 4.58. The smallest absolute Gasteiger partial charge is 0.389 e. The molecule has 18 heavy (non-hydrogen) atoms. The third-order valence-corrected chi connectivity index (χ3v) is 3.42. The van der Waals surface area contributed by atoms with Crippen LogP contribution in [0.1, 0.15) is 16.8 Å². The van der Waals surface area contributed by atoms with Crippen LogP contribution in [0.4, 0.5) is 0 Å². The number of halogens is 1. The molecule has 1 aromatic carbocycles. The van der Waals surface area contributed by atoms with Gasteiger partial charge in [-0.15, -0.1) is 0 Å². The maximum absolute atomic E-state index is 11.8. The van der Waals surface area contributed by atoms with Gasteiger partial charge in [0, 0.05) is 6.42 Å². The van der Waals surface area contributed by atoms with Crippen LogP contribution >= 0.6 is 11.6 Å². The van der Waals surface area contributed by atoms with Crippen molar-refractivity contribution in [2.24, 2.45) is 0 Å². The molecule has 0 N–H and O–H groups in total. The van der Waals surface area contributed by atoms with Crippen LogP contribution in [0.3, 0.4) is 0 Å². The second kappa shape index (κ2) is 5.06. The molecule has 1 saturated heterocycles. The number of likely N-dealkylation sites (tertiary alicyclic amines) is 1. The van der Waals surface area contributed by atoms with E-state index in [0.717, 1.165) is 6.42 Å². The van der Waals surface area contributed by atoms with Gasteiger partial charge in [-0.1, -0.05) is 18.2 Å². The summed E-state index contributed by atoms with van der Waals surface area (Å²) >= 11 is 5.74. The second-order valence-electron chi connectivity index (χ2n) is 4.16. The molecular formula is C12H12ClNO4. The van der Waals surface area contributed by atoms with Crippen molar-refractivity contribution in [1.29, 1.82) is 0 Å². The zero-order chi connectivity index (χ0) is 13.2. The van der Waals surface area contributed by atoms with E-state index >= 15 is 0 Å². The highest BCUT2D eigenvalue weighted by atomic mass is 35.5. The lowest BCUT2D eigenvalue weighted by Gasteiger charge is -2.51. The molecule has 1 aliphatic rings. The van der Waals surface area contributed by atoms with Gasteiger partial charge in [-0.3, -0.25) is 0 Å². The lowest BCUT2D eigenvalue weighted by atomic mass is 10.2. The Kier molecular flexibility index (Phi) is 3.65. The van der Waals surface area contributed by atoms with Crippen LogP contribution in [0.2, 0.25) is 0 Å². The Morgan fingerprint density at radius 3 is 2.39 bits per heavy atom. The molecule has 0 aromatic heterocycles. The van der Waals surface area contributed by atoms with E-state index in [9.17, 15) is 14.8 Å². The Balaban J connectivity index is 1.97. The summed E-state index contributed by atoms with van der Waals surface area (Å²) in [6.45, 7) is 0.561. The molecule has 2 rings (SSSR count). The fourth-order valence-corrected chi connectivity index (χ4v) is 1.90. The molecule has 0 spiro atoms. The predicted molar refractivity (Wildman–Crippen MR) is 64.5 cm³/mol. The molecule has 1 atom stereocenters. The van der Waals surface area contributed by atoms with E-state index in [1.165, 1.54) is 12.1 Å². The molecule has 0 bridgehead atoms. The van der Waals surface area contributed by atoms with Crippen molar-refractivity contribution in [3.05, 3.63) is 41.1 Å². The zero-order valence-corrected chi connectivity index (χ0v) is 10.3. The summed E-state index contributed by atoms with van der Waals surface area (Å²) < 4.78 is 3.78. The first kappa shape index (κ1) is 13.0. The SMILES string of the molecule is O=C(OC(=O)C(Cl)[N+]1([O-])CCC1)c1ccccc1. The van der Waals surface area contributed by atoms with Crippen molar-refractivity contribution in [1.82, 2.24) is 0 Å². The summed E-state index contributed by atoms with van der Waals surface area (Å²) in [5, 5.41) is 11.8. The maximum Gasteiger partial charge on any atom is 0.389 e. The number of ether oxygens (including phenoxy) is 1. The average Bonchev–Trinajstić information content (AvgIpc) is 2.36. The van der Waals surface area contributed by atoms with Crippen molar-refractivity contribution in [3.63, 3.8) is 0 Å². The topological polar surface area (TPSA) is 66.4 Å².